The molecule has 2 aromatic carbocycles. The lowest BCUT2D eigenvalue weighted by atomic mass is 10.2. The van der Waals surface area contributed by atoms with Crippen LogP contribution in [0.15, 0.2) is 59.6 Å². The Kier molecular flexibility index (Phi) is 6.31. The highest BCUT2D eigenvalue weighted by molar-refractivity contribution is 9.11. The molecule has 0 aliphatic carbocycles. The van der Waals surface area contributed by atoms with Crippen LogP contribution in [-0.4, -0.2) is 6.61 Å². The quantitative estimate of drug-likeness (QED) is 0.558. The lowest BCUT2D eigenvalue weighted by Gasteiger charge is -2.12. The first kappa shape index (κ1) is 15.6. The van der Waals surface area contributed by atoms with Gasteiger partial charge in [-0.1, -0.05) is 53.2 Å². The van der Waals surface area contributed by atoms with Crippen molar-refractivity contribution in [2.45, 2.75) is 13.3 Å². The molecular formula is C17H18BrNO2. The second-order valence-corrected chi connectivity index (χ2v) is 4.87. The van der Waals surface area contributed by atoms with Gasteiger partial charge < -0.3 is 4.74 Å². The Morgan fingerprint density at radius 2 is 1.86 bits per heavy atom. The highest BCUT2D eigenvalue weighted by atomic mass is 79.9. The molecule has 0 radical (unpaired) electrons. The maximum Gasteiger partial charge on any atom is 0.128 e. The number of rotatable bonds is 7. The van der Waals surface area contributed by atoms with Crippen molar-refractivity contribution in [1.29, 1.82) is 0 Å². The molecule has 3 nitrogen and oxygen atoms in total. The van der Waals surface area contributed by atoms with Crippen molar-refractivity contribution in [2.24, 2.45) is 0 Å². The van der Waals surface area contributed by atoms with Gasteiger partial charge in [0.05, 0.1) is 12.3 Å². The molecule has 0 fully saturated rings. The molecule has 0 amide bonds. The number of hydrogen-bond donors (Lipinski definition) is 1. The predicted molar refractivity (Wildman–Crippen MR) is 89.2 cm³/mol. The summed E-state index contributed by atoms with van der Waals surface area (Å²) in [6, 6.07) is 17.5. The zero-order valence-corrected chi connectivity index (χ0v) is 13.5. The topological polar surface area (TPSA) is 30.5 Å². The Morgan fingerprint density at radius 1 is 1.10 bits per heavy atom. The Morgan fingerprint density at radius 3 is 2.57 bits per heavy atom. The largest absolute Gasteiger partial charge is 0.457 e. The van der Waals surface area contributed by atoms with Gasteiger partial charge in [-0.05, 0) is 30.7 Å². The fourth-order valence-corrected chi connectivity index (χ4v) is 2.08. The summed E-state index contributed by atoms with van der Waals surface area (Å²) in [5, 5.41) is 0. The number of halogens is 1. The molecule has 2 aromatic rings. The van der Waals surface area contributed by atoms with Gasteiger partial charge in [-0.2, -0.15) is 0 Å². The molecule has 0 aromatic heterocycles. The van der Waals surface area contributed by atoms with Crippen LogP contribution in [0.25, 0.3) is 5.70 Å². The molecule has 0 heterocycles. The van der Waals surface area contributed by atoms with Crippen LogP contribution >= 0.6 is 15.9 Å². The monoisotopic (exact) mass is 347 g/mol. The van der Waals surface area contributed by atoms with Crippen molar-refractivity contribution < 1.29 is 9.57 Å². The van der Waals surface area contributed by atoms with Gasteiger partial charge in [0.1, 0.15) is 11.5 Å². The lowest BCUT2D eigenvalue weighted by molar-refractivity contribution is 0.0790. The van der Waals surface area contributed by atoms with E-state index in [1.165, 1.54) is 0 Å². The summed E-state index contributed by atoms with van der Waals surface area (Å²) >= 11 is 3.35. The summed E-state index contributed by atoms with van der Waals surface area (Å²) in [5.74, 6) is 1.59. The van der Waals surface area contributed by atoms with Gasteiger partial charge >= 0.3 is 0 Å². The molecule has 0 spiro atoms. The van der Waals surface area contributed by atoms with Crippen LogP contribution in [0.2, 0.25) is 0 Å². The molecule has 1 N–H and O–H groups in total. The Hall–Kier alpha value is -1.78. The molecule has 0 bridgehead atoms. The lowest BCUT2D eigenvalue weighted by Crippen LogP contribution is -2.13. The smallest absolute Gasteiger partial charge is 0.128 e. The maximum absolute atomic E-state index is 5.83. The third-order valence-corrected chi connectivity index (χ3v) is 3.18. The molecule has 2 rings (SSSR count). The van der Waals surface area contributed by atoms with Crippen molar-refractivity contribution in [3.8, 4) is 11.5 Å². The van der Waals surface area contributed by atoms with Crippen LogP contribution < -0.4 is 10.2 Å². The minimum absolute atomic E-state index is 0.657. The van der Waals surface area contributed by atoms with E-state index >= 15 is 0 Å². The minimum atomic E-state index is 0.657. The molecular weight excluding hydrogens is 330 g/mol. The van der Waals surface area contributed by atoms with Crippen molar-refractivity contribution in [3.63, 3.8) is 0 Å². The van der Waals surface area contributed by atoms with Crippen LogP contribution in [0, 0.1) is 0 Å². The van der Waals surface area contributed by atoms with Crippen LogP contribution in [0.3, 0.4) is 0 Å². The number of benzene rings is 2. The zero-order valence-electron chi connectivity index (χ0n) is 11.9. The van der Waals surface area contributed by atoms with Gasteiger partial charge in [-0.15, -0.1) is 0 Å². The van der Waals surface area contributed by atoms with Crippen molar-refractivity contribution in [1.82, 2.24) is 5.48 Å². The summed E-state index contributed by atoms with van der Waals surface area (Å²) in [7, 11) is 0. The van der Waals surface area contributed by atoms with E-state index in [0.717, 1.165) is 29.2 Å². The third kappa shape index (κ3) is 4.92. The average Bonchev–Trinajstić information content (AvgIpc) is 2.53. The minimum Gasteiger partial charge on any atom is -0.457 e. The summed E-state index contributed by atoms with van der Waals surface area (Å²) in [4.78, 5) is 7.16. The van der Waals surface area contributed by atoms with E-state index in [2.05, 4.69) is 28.3 Å². The van der Waals surface area contributed by atoms with E-state index in [0.29, 0.717) is 6.61 Å². The van der Waals surface area contributed by atoms with Crippen LogP contribution in [0.5, 0.6) is 11.5 Å². The fourth-order valence-electron chi connectivity index (χ4n) is 1.73. The standard InChI is InChI=1S/C17H18BrNO2/c1-2-11-20-19-17(13-18)14-7-6-10-16(12-14)21-15-8-4-3-5-9-15/h3-10,12-13,19H,2,11H2,1H3. The first-order chi connectivity index (χ1) is 10.3. The molecule has 0 saturated carbocycles. The summed E-state index contributed by atoms with van der Waals surface area (Å²) < 4.78 is 5.83. The van der Waals surface area contributed by atoms with E-state index in [1.54, 1.807) is 4.99 Å². The highest BCUT2D eigenvalue weighted by Crippen LogP contribution is 2.24. The first-order valence-electron chi connectivity index (χ1n) is 6.85. The molecule has 0 atom stereocenters. The van der Waals surface area contributed by atoms with E-state index in [1.807, 2.05) is 54.6 Å². The molecule has 21 heavy (non-hydrogen) atoms. The van der Waals surface area contributed by atoms with Crippen molar-refractivity contribution in [3.05, 3.63) is 65.1 Å². The molecule has 110 valence electrons. The summed E-state index contributed by atoms with van der Waals surface area (Å²) in [6.45, 7) is 2.72. The van der Waals surface area contributed by atoms with Crippen LogP contribution in [-0.2, 0) is 4.84 Å². The Balaban J connectivity index is 2.09. The SMILES string of the molecule is CCCONC(=CBr)c1cccc(Oc2ccccc2)c1. The van der Waals surface area contributed by atoms with Crippen molar-refractivity contribution in [2.75, 3.05) is 6.61 Å². The maximum atomic E-state index is 5.83. The van der Waals surface area contributed by atoms with Gasteiger partial charge in [0, 0.05) is 10.5 Å². The Bertz CT molecular complexity index is 584. The van der Waals surface area contributed by atoms with E-state index < -0.39 is 0 Å². The number of ether oxygens (including phenoxy) is 1. The van der Waals surface area contributed by atoms with Gasteiger partial charge in [0.15, 0.2) is 0 Å². The van der Waals surface area contributed by atoms with Gasteiger partial charge in [-0.25, -0.2) is 0 Å². The second kappa shape index (κ2) is 8.49. The molecule has 0 aliphatic rings. The fraction of sp³-hybridized carbons (Fsp3) is 0.176. The number of para-hydroxylation sites is 1. The zero-order chi connectivity index (χ0) is 14.9. The van der Waals surface area contributed by atoms with Gasteiger partial charge in [0.25, 0.3) is 0 Å². The van der Waals surface area contributed by atoms with Gasteiger partial charge in [-0.3, -0.25) is 10.3 Å². The van der Waals surface area contributed by atoms with E-state index in [4.69, 9.17) is 9.57 Å². The number of hydroxylamine groups is 1. The normalized spacial score (nSPS) is 11.2. The molecule has 4 heteroatoms. The third-order valence-electron chi connectivity index (χ3n) is 2.72. The number of nitrogens with one attached hydrogen (secondary N) is 1. The van der Waals surface area contributed by atoms with E-state index in [-0.39, 0.29) is 0 Å². The average molecular weight is 348 g/mol. The summed E-state index contributed by atoms with van der Waals surface area (Å²) in [6.07, 6.45) is 0.958. The van der Waals surface area contributed by atoms with Gasteiger partial charge in [0.2, 0.25) is 0 Å². The molecule has 0 aliphatic heterocycles. The predicted octanol–water partition coefficient (Wildman–Crippen LogP) is 5.10. The Labute approximate surface area is 133 Å². The van der Waals surface area contributed by atoms with Crippen molar-refractivity contribution >= 4 is 21.6 Å². The summed E-state index contributed by atoms with van der Waals surface area (Å²) in [5.41, 5.74) is 4.77. The molecule has 0 unspecified atom stereocenters. The molecule has 0 saturated heterocycles. The second-order valence-electron chi connectivity index (χ2n) is 4.42. The van der Waals surface area contributed by atoms with E-state index in [9.17, 15) is 0 Å². The number of hydrogen-bond acceptors (Lipinski definition) is 3. The first-order valence-corrected chi connectivity index (χ1v) is 7.76. The van der Waals surface area contributed by atoms with Crippen LogP contribution in [0.1, 0.15) is 18.9 Å². The highest BCUT2D eigenvalue weighted by Gasteiger charge is 2.04. The van der Waals surface area contributed by atoms with Crippen LogP contribution in [0.4, 0.5) is 0 Å².